The van der Waals surface area contributed by atoms with Gasteiger partial charge in [0, 0.05) is 36.8 Å². The van der Waals surface area contributed by atoms with Crippen molar-refractivity contribution >= 4 is 49.1 Å². The first-order chi connectivity index (χ1) is 16.3. The molecular weight excluding hydrogens is 494 g/mol. The third-order valence-electron chi connectivity index (χ3n) is 5.99. The molecule has 2 aromatic carbocycles. The van der Waals surface area contributed by atoms with Gasteiger partial charge >= 0.3 is 0 Å². The molecule has 0 aliphatic carbocycles. The number of carbonyl (C=O) groups excluding carboxylic acids is 1. The fourth-order valence-corrected chi connectivity index (χ4v) is 6.74. The van der Waals surface area contributed by atoms with Gasteiger partial charge in [-0.1, -0.05) is 29.9 Å². The van der Waals surface area contributed by atoms with Crippen LogP contribution in [0.25, 0.3) is 10.2 Å². The van der Waals surface area contributed by atoms with Crippen molar-refractivity contribution in [2.75, 3.05) is 26.3 Å². The lowest BCUT2D eigenvalue weighted by Gasteiger charge is -2.29. The van der Waals surface area contributed by atoms with E-state index in [9.17, 15) is 13.2 Å². The summed E-state index contributed by atoms with van der Waals surface area (Å²) in [5.74, 6) is 0.104. The second-order valence-corrected chi connectivity index (χ2v) is 11.8. The van der Waals surface area contributed by atoms with E-state index in [0.717, 1.165) is 23.1 Å². The van der Waals surface area contributed by atoms with Crippen molar-refractivity contribution < 1.29 is 17.9 Å². The van der Waals surface area contributed by atoms with E-state index in [-0.39, 0.29) is 4.90 Å². The first kappa shape index (κ1) is 25.1. The second-order valence-electron chi connectivity index (χ2n) is 8.37. The molecule has 1 fully saturated rings. The van der Waals surface area contributed by atoms with Gasteiger partial charge in [0.25, 0.3) is 5.91 Å². The Balaban J connectivity index is 1.61. The molecule has 3 aromatic rings. The van der Waals surface area contributed by atoms with Gasteiger partial charge < -0.3 is 9.30 Å². The zero-order chi connectivity index (χ0) is 24.3. The molecule has 4 rings (SSSR count). The standard InChI is InChI=1S/C24H28ClN3O4S2/c1-3-32-15-14-28-21-9-6-19(25)16-22(21)33-24(28)26-23(29)18-4-7-20(8-5-18)34(30,31)27-12-10-17(2)11-13-27/h4-9,16-17H,3,10-15H2,1-2H3. The Morgan fingerprint density at radius 3 is 2.56 bits per heavy atom. The number of benzene rings is 2. The van der Waals surface area contributed by atoms with Crippen molar-refractivity contribution in [2.24, 2.45) is 10.9 Å². The van der Waals surface area contributed by atoms with Crippen LogP contribution in [0.15, 0.2) is 52.4 Å². The van der Waals surface area contributed by atoms with E-state index < -0.39 is 15.9 Å². The Hall–Kier alpha value is -2.04. The summed E-state index contributed by atoms with van der Waals surface area (Å²) in [7, 11) is -3.56. The minimum atomic E-state index is -3.56. The van der Waals surface area contributed by atoms with Crippen molar-refractivity contribution in [1.82, 2.24) is 8.87 Å². The van der Waals surface area contributed by atoms with Gasteiger partial charge in [-0.15, -0.1) is 0 Å². The van der Waals surface area contributed by atoms with Crippen molar-refractivity contribution in [3.8, 4) is 0 Å². The zero-order valence-corrected chi connectivity index (χ0v) is 21.6. The largest absolute Gasteiger partial charge is 0.380 e. The molecule has 2 heterocycles. The Morgan fingerprint density at radius 1 is 1.18 bits per heavy atom. The Kier molecular flexibility index (Phi) is 7.89. The Morgan fingerprint density at radius 2 is 1.88 bits per heavy atom. The SMILES string of the molecule is CCOCCn1c(=NC(=O)c2ccc(S(=O)(=O)N3CCC(C)CC3)cc2)sc2cc(Cl)ccc21. The molecule has 0 N–H and O–H groups in total. The maximum atomic E-state index is 13.0. The highest BCUT2D eigenvalue weighted by molar-refractivity contribution is 7.89. The maximum absolute atomic E-state index is 13.0. The molecule has 0 unspecified atom stereocenters. The minimum absolute atomic E-state index is 0.196. The lowest BCUT2D eigenvalue weighted by atomic mass is 10.0. The van der Waals surface area contributed by atoms with Gasteiger partial charge in [-0.05, 0) is 68.1 Å². The number of halogens is 1. The minimum Gasteiger partial charge on any atom is -0.380 e. The van der Waals surface area contributed by atoms with Crippen LogP contribution in [0, 0.1) is 5.92 Å². The summed E-state index contributed by atoms with van der Waals surface area (Å²) in [6.45, 7) is 6.77. The van der Waals surface area contributed by atoms with Crippen molar-refractivity contribution in [1.29, 1.82) is 0 Å². The van der Waals surface area contributed by atoms with E-state index in [1.54, 1.807) is 0 Å². The van der Waals surface area contributed by atoms with Crippen LogP contribution in [0.5, 0.6) is 0 Å². The number of amides is 1. The average molecular weight is 522 g/mol. The molecule has 7 nitrogen and oxygen atoms in total. The predicted molar refractivity (Wildman–Crippen MR) is 135 cm³/mol. The molecule has 0 saturated carbocycles. The third kappa shape index (κ3) is 5.44. The normalized spacial score (nSPS) is 16.4. The summed E-state index contributed by atoms with van der Waals surface area (Å²) < 4.78 is 35.8. The average Bonchev–Trinajstić information content (AvgIpc) is 3.15. The van der Waals surface area contributed by atoms with Gasteiger partial charge in [0.05, 0.1) is 21.7 Å². The van der Waals surface area contributed by atoms with E-state index in [2.05, 4.69) is 11.9 Å². The van der Waals surface area contributed by atoms with E-state index in [1.807, 2.05) is 29.7 Å². The number of carbonyl (C=O) groups is 1. The monoisotopic (exact) mass is 521 g/mol. The van der Waals surface area contributed by atoms with Crippen LogP contribution < -0.4 is 4.80 Å². The van der Waals surface area contributed by atoms with Crippen LogP contribution in [0.4, 0.5) is 0 Å². The summed E-state index contributed by atoms with van der Waals surface area (Å²) in [6, 6.07) is 11.6. The predicted octanol–water partition coefficient (Wildman–Crippen LogP) is 4.55. The lowest BCUT2D eigenvalue weighted by Crippen LogP contribution is -2.37. The molecule has 10 heteroatoms. The highest BCUT2D eigenvalue weighted by Gasteiger charge is 2.28. The van der Waals surface area contributed by atoms with Gasteiger partial charge in [0.1, 0.15) is 0 Å². The van der Waals surface area contributed by atoms with E-state index in [0.29, 0.717) is 54.2 Å². The number of nitrogens with zero attached hydrogens (tertiary/aromatic N) is 3. The Bertz CT molecular complexity index is 1340. The van der Waals surface area contributed by atoms with Crippen LogP contribution in [0.1, 0.15) is 37.0 Å². The molecule has 34 heavy (non-hydrogen) atoms. The van der Waals surface area contributed by atoms with Gasteiger partial charge in [-0.25, -0.2) is 8.42 Å². The number of aromatic nitrogens is 1. The molecule has 1 aliphatic heterocycles. The van der Waals surface area contributed by atoms with Gasteiger partial charge in [0.2, 0.25) is 10.0 Å². The highest BCUT2D eigenvalue weighted by Crippen LogP contribution is 2.24. The summed E-state index contributed by atoms with van der Waals surface area (Å²) in [5, 5.41) is 0.614. The molecule has 1 amide bonds. The van der Waals surface area contributed by atoms with Crippen LogP contribution in [-0.4, -0.2) is 49.5 Å². The summed E-state index contributed by atoms with van der Waals surface area (Å²) in [6.07, 6.45) is 1.72. The first-order valence-electron chi connectivity index (χ1n) is 11.4. The van der Waals surface area contributed by atoms with Crippen molar-refractivity contribution in [2.45, 2.75) is 38.1 Å². The lowest BCUT2D eigenvalue weighted by molar-refractivity contribution is 0.0996. The van der Waals surface area contributed by atoms with E-state index in [1.165, 1.54) is 39.9 Å². The van der Waals surface area contributed by atoms with Crippen molar-refractivity contribution in [3.63, 3.8) is 0 Å². The molecular formula is C24H28ClN3O4S2. The van der Waals surface area contributed by atoms with Crippen LogP contribution in [0.2, 0.25) is 5.02 Å². The summed E-state index contributed by atoms with van der Waals surface area (Å²) >= 11 is 7.52. The molecule has 0 bridgehead atoms. The smallest absolute Gasteiger partial charge is 0.279 e. The molecule has 0 radical (unpaired) electrons. The summed E-state index contributed by atoms with van der Waals surface area (Å²) in [4.78, 5) is 18.0. The number of hydrogen-bond donors (Lipinski definition) is 0. The number of piperidine rings is 1. The third-order valence-corrected chi connectivity index (χ3v) is 9.18. The first-order valence-corrected chi connectivity index (χ1v) is 14.0. The number of sulfonamides is 1. The highest BCUT2D eigenvalue weighted by atomic mass is 35.5. The van der Waals surface area contributed by atoms with Crippen LogP contribution in [0.3, 0.4) is 0 Å². The summed E-state index contributed by atoms with van der Waals surface area (Å²) in [5.41, 5.74) is 1.26. The van der Waals surface area contributed by atoms with Gasteiger partial charge in [0.15, 0.2) is 4.80 Å². The second kappa shape index (κ2) is 10.7. The van der Waals surface area contributed by atoms with Gasteiger partial charge in [-0.3, -0.25) is 4.79 Å². The maximum Gasteiger partial charge on any atom is 0.279 e. The van der Waals surface area contributed by atoms with E-state index >= 15 is 0 Å². The van der Waals surface area contributed by atoms with Crippen LogP contribution in [-0.2, 0) is 21.3 Å². The molecule has 0 atom stereocenters. The topological polar surface area (TPSA) is 81.0 Å². The number of ether oxygens (including phenoxy) is 1. The van der Waals surface area contributed by atoms with Gasteiger partial charge in [-0.2, -0.15) is 9.30 Å². The molecule has 1 aliphatic rings. The number of hydrogen-bond acceptors (Lipinski definition) is 5. The quantitative estimate of drug-likeness (QED) is 0.427. The molecule has 1 aromatic heterocycles. The fraction of sp³-hybridized carbons (Fsp3) is 0.417. The fourth-order valence-electron chi connectivity index (χ4n) is 3.94. The zero-order valence-electron chi connectivity index (χ0n) is 19.2. The number of rotatable bonds is 7. The number of fused-ring (bicyclic) bond motifs is 1. The van der Waals surface area contributed by atoms with E-state index in [4.69, 9.17) is 16.3 Å². The van der Waals surface area contributed by atoms with Crippen LogP contribution >= 0.6 is 22.9 Å². The molecule has 182 valence electrons. The number of thiazole rings is 1. The molecule has 0 spiro atoms. The Labute approximate surface area is 208 Å². The molecule has 1 saturated heterocycles. The van der Waals surface area contributed by atoms with Crippen molar-refractivity contribution in [3.05, 3.63) is 57.9 Å².